The van der Waals surface area contributed by atoms with E-state index in [2.05, 4.69) is 35.9 Å². The fourth-order valence-electron chi connectivity index (χ4n) is 1.86. The standard InChI is InChI=1S/C14H17ClN2O/c1-9(2)10-4-5-13(18-3)11(6-10)12-8-16-14(7-15)17-12/h4-6,8-9H,7H2,1-3H3,(H,16,17). The summed E-state index contributed by atoms with van der Waals surface area (Å²) in [7, 11) is 1.67. The van der Waals surface area contributed by atoms with Gasteiger partial charge in [0.25, 0.3) is 0 Å². The van der Waals surface area contributed by atoms with Crippen molar-refractivity contribution in [1.82, 2.24) is 9.97 Å². The number of H-pyrrole nitrogens is 1. The highest BCUT2D eigenvalue weighted by Crippen LogP contribution is 2.31. The normalized spacial score (nSPS) is 10.9. The number of nitrogens with zero attached hydrogens (tertiary/aromatic N) is 1. The zero-order valence-electron chi connectivity index (χ0n) is 10.8. The van der Waals surface area contributed by atoms with Gasteiger partial charge in [0.1, 0.15) is 11.6 Å². The first-order chi connectivity index (χ1) is 8.65. The van der Waals surface area contributed by atoms with E-state index in [4.69, 9.17) is 16.3 Å². The van der Waals surface area contributed by atoms with Crippen molar-refractivity contribution in [2.45, 2.75) is 25.6 Å². The van der Waals surface area contributed by atoms with Gasteiger partial charge in [0, 0.05) is 5.56 Å². The van der Waals surface area contributed by atoms with Crippen LogP contribution in [0.3, 0.4) is 0 Å². The van der Waals surface area contributed by atoms with Crippen LogP contribution < -0.4 is 4.74 Å². The first-order valence-corrected chi connectivity index (χ1v) is 6.47. The largest absolute Gasteiger partial charge is 0.496 e. The van der Waals surface area contributed by atoms with Crippen LogP contribution in [0.2, 0.25) is 0 Å². The van der Waals surface area contributed by atoms with Crippen LogP contribution >= 0.6 is 11.6 Å². The zero-order chi connectivity index (χ0) is 13.1. The lowest BCUT2D eigenvalue weighted by Crippen LogP contribution is -1.93. The molecular formula is C14H17ClN2O. The van der Waals surface area contributed by atoms with Gasteiger partial charge in [0.2, 0.25) is 0 Å². The summed E-state index contributed by atoms with van der Waals surface area (Å²) in [4.78, 5) is 7.41. The summed E-state index contributed by atoms with van der Waals surface area (Å²) in [6.45, 7) is 4.34. The molecule has 0 spiro atoms. The number of hydrogen-bond donors (Lipinski definition) is 1. The molecule has 1 heterocycles. The number of methoxy groups -OCH3 is 1. The van der Waals surface area contributed by atoms with Gasteiger partial charge in [-0.3, -0.25) is 0 Å². The van der Waals surface area contributed by atoms with E-state index in [1.54, 1.807) is 13.3 Å². The van der Waals surface area contributed by atoms with E-state index < -0.39 is 0 Å². The lowest BCUT2D eigenvalue weighted by molar-refractivity contribution is 0.416. The third-order valence-corrected chi connectivity index (χ3v) is 3.19. The molecule has 0 atom stereocenters. The van der Waals surface area contributed by atoms with Crippen LogP contribution in [-0.4, -0.2) is 17.1 Å². The maximum absolute atomic E-state index is 5.76. The van der Waals surface area contributed by atoms with Crippen LogP contribution in [0.15, 0.2) is 24.4 Å². The Balaban J connectivity index is 2.49. The molecule has 0 saturated heterocycles. The molecule has 0 saturated carbocycles. The van der Waals surface area contributed by atoms with Crippen molar-refractivity contribution in [3.05, 3.63) is 35.8 Å². The van der Waals surface area contributed by atoms with E-state index in [1.807, 2.05) is 6.07 Å². The molecule has 2 rings (SSSR count). The highest BCUT2D eigenvalue weighted by atomic mass is 35.5. The van der Waals surface area contributed by atoms with E-state index in [-0.39, 0.29) is 0 Å². The highest BCUT2D eigenvalue weighted by molar-refractivity contribution is 6.16. The smallest absolute Gasteiger partial charge is 0.128 e. The van der Waals surface area contributed by atoms with Crippen LogP contribution in [-0.2, 0) is 5.88 Å². The second-order valence-electron chi connectivity index (χ2n) is 4.49. The number of rotatable bonds is 4. The number of aromatic amines is 1. The van der Waals surface area contributed by atoms with Crippen LogP contribution in [0.1, 0.15) is 31.2 Å². The average Bonchev–Trinajstić information content (AvgIpc) is 2.86. The van der Waals surface area contributed by atoms with Gasteiger partial charge >= 0.3 is 0 Å². The molecule has 0 aliphatic carbocycles. The minimum atomic E-state index is 0.381. The topological polar surface area (TPSA) is 37.9 Å². The molecule has 1 aromatic carbocycles. The summed E-state index contributed by atoms with van der Waals surface area (Å²) in [5, 5.41) is 0. The number of imidazole rings is 1. The Morgan fingerprint density at radius 2 is 2.17 bits per heavy atom. The second kappa shape index (κ2) is 5.44. The number of benzene rings is 1. The van der Waals surface area contributed by atoms with E-state index in [0.717, 1.165) is 22.8 Å². The quantitative estimate of drug-likeness (QED) is 0.849. The number of nitrogens with one attached hydrogen (secondary N) is 1. The van der Waals surface area contributed by atoms with Gasteiger partial charge in [-0.25, -0.2) is 4.98 Å². The van der Waals surface area contributed by atoms with Gasteiger partial charge in [-0.05, 0) is 23.6 Å². The lowest BCUT2D eigenvalue weighted by atomic mass is 9.99. The molecule has 2 aromatic rings. The average molecular weight is 265 g/mol. The maximum atomic E-state index is 5.76. The van der Waals surface area contributed by atoms with Crippen molar-refractivity contribution in [2.75, 3.05) is 7.11 Å². The molecule has 4 heteroatoms. The summed E-state index contributed by atoms with van der Waals surface area (Å²) in [6.07, 6.45) is 1.79. The molecule has 0 fully saturated rings. The second-order valence-corrected chi connectivity index (χ2v) is 4.76. The molecule has 1 N–H and O–H groups in total. The Labute approximate surface area is 112 Å². The summed E-state index contributed by atoms with van der Waals surface area (Å²) in [5.41, 5.74) is 3.23. The van der Waals surface area contributed by atoms with E-state index in [9.17, 15) is 0 Å². The molecule has 3 nitrogen and oxygen atoms in total. The van der Waals surface area contributed by atoms with Gasteiger partial charge in [-0.1, -0.05) is 19.9 Å². The number of alkyl halides is 1. The van der Waals surface area contributed by atoms with Crippen molar-refractivity contribution < 1.29 is 4.74 Å². The Bertz CT molecular complexity index is 534. The maximum Gasteiger partial charge on any atom is 0.128 e. The van der Waals surface area contributed by atoms with E-state index >= 15 is 0 Å². The van der Waals surface area contributed by atoms with Crippen molar-refractivity contribution in [2.24, 2.45) is 0 Å². The summed E-state index contributed by atoms with van der Waals surface area (Å²) in [6, 6.07) is 6.22. The Morgan fingerprint density at radius 1 is 1.39 bits per heavy atom. The molecule has 0 amide bonds. The van der Waals surface area contributed by atoms with Gasteiger partial charge in [0.15, 0.2) is 0 Å². The molecule has 0 radical (unpaired) electrons. The lowest BCUT2D eigenvalue weighted by Gasteiger charge is -2.11. The number of halogens is 1. The summed E-state index contributed by atoms with van der Waals surface area (Å²) >= 11 is 5.76. The Morgan fingerprint density at radius 3 is 2.72 bits per heavy atom. The van der Waals surface area contributed by atoms with Crippen LogP contribution in [0.5, 0.6) is 5.75 Å². The van der Waals surface area contributed by atoms with Gasteiger partial charge in [-0.2, -0.15) is 0 Å². The first kappa shape index (κ1) is 13.0. The molecular weight excluding hydrogens is 248 g/mol. The fraction of sp³-hybridized carbons (Fsp3) is 0.357. The molecule has 1 aromatic heterocycles. The third-order valence-electron chi connectivity index (χ3n) is 2.94. The summed E-state index contributed by atoms with van der Waals surface area (Å²) < 4.78 is 5.40. The Kier molecular flexibility index (Phi) is 3.92. The molecule has 0 aliphatic heterocycles. The third kappa shape index (κ3) is 2.51. The first-order valence-electron chi connectivity index (χ1n) is 5.94. The van der Waals surface area contributed by atoms with Crippen molar-refractivity contribution >= 4 is 11.6 Å². The number of hydrogen-bond acceptors (Lipinski definition) is 2. The molecule has 0 unspecified atom stereocenters. The van der Waals surface area contributed by atoms with Crippen LogP contribution in [0, 0.1) is 0 Å². The van der Waals surface area contributed by atoms with Crippen molar-refractivity contribution in [1.29, 1.82) is 0 Å². The minimum absolute atomic E-state index is 0.381. The monoisotopic (exact) mass is 264 g/mol. The van der Waals surface area contributed by atoms with Crippen molar-refractivity contribution in [3.8, 4) is 17.0 Å². The number of ether oxygens (including phenoxy) is 1. The molecule has 18 heavy (non-hydrogen) atoms. The summed E-state index contributed by atoms with van der Waals surface area (Å²) in [5.74, 6) is 2.46. The SMILES string of the molecule is COc1ccc(C(C)C)cc1-c1cnc(CCl)[nH]1. The number of aromatic nitrogens is 2. The fourth-order valence-corrected chi connectivity index (χ4v) is 2.00. The van der Waals surface area contributed by atoms with Gasteiger partial charge in [0.05, 0.1) is 24.9 Å². The molecule has 0 aliphatic rings. The molecule has 0 bridgehead atoms. The van der Waals surface area contributed by atoms with Gasteiger partial charge in [-0.15, -0.1) is 11.6 Å². The van der Waals surface area contributed by atoms with Crippen LogP contribution in [0.25, 0.3) is 11.3 Å². The molecule has 96 valence electrons. The van der Waals surface area contributed by atoms with Gasteiger partial charge < -0.3 is 9.72 Å². The minimum Gasteiger partial charge on any atom is -0.496 e. The van der Waals surface area contributed by atoms with E-state index in [1.165, 1.54) is 5.56 Å². The van der Waals surface area contributed by atoms with E-state index in [0.29, 0.717) is 11.8 Å². The predicted molar refractivity (Wildman–Crippen MR) is 74.2 cm³/mol. The predicted octanol–water partition coefficient (Wildman–Crippen LogP) is 3.95. The Hall–Kier alpha value is -1.48. The zero-order valence-corrected chi connectivity index (χ0v) is 11.6. The highest BCUT2D eigenvalue weighted by Gasteiger charge is 2.11. The van der Waals surface area contributed by atoms with Crippen molar-refractivity contribution in [3.63, 3.8) is 0 Å². The van der Waals surface area contributed by atoms with Crippen LogP contribution in [0.4, 0.5) is 0 Å².